The van der Waals surface area contributed by atoms with Crippen LogP contribution in [0, 0.1) is 10.1 Å². The van der Waals surface area contributed by atoms with Crippen molar-refractivity contribution < 1.29 is 18.9 Å². The van der Waals surface area contributed by atoms with E-state index in [4.69, 9.17) is 9.15 Å². The highest BCUT2D eigenvalue weighted by atomic mass is 16.6. The molecule has 0 saturated carbocycles. The molecule has 2 fully saturated rings. The van der Waals surface area contributed by atoms with Crippen molar-refractivity contribution >= 4 is 33.9 Å². The Balaban J connectivity index is 1.14. The molecule has 10 heteroatoms. The van der Waals surface area contributed by atoms with Gasteiger partial charge in [0.1, 0.15) is 11.3 Å². The summed E-state index contributed by atoms with van der Waals surface area (Å²) in [5.74, 6) is -0.0746. The first-order valence-electron chi connectivity index (χ1n) is 13.3. The van der Waals surface area contributed by atoms with Gasteiger partial charge in [-0.25, -0.2) is 4.79 Å². The minimum atomic E-state index is -0.420. The normalized spacial score (nSPS) is 15.8. The molecule has 0 radical (unpaired) electrons. The third-order valence-corrected chi connectivity index (χ3v) is 7.52. The van der Waals surface area contributed by atoms with E-state index >= 15 is 0 Å². The van der Waals surface area contributed by atoms with Crippen molar-refractivity contribution in [1.29, 1.82) is 0 Å². The van der Waals surface area contributed by atoms with E-state index in [1.165, 1.54) is 0 Å². The summed E-state index contributed by atoms with van der Waals surface area (Å²) in [4.78, 5) is 43.0. The van der Waals surface area contributed by atoms with Crippen molar-refractivity contribution in [2.45, 2.75) is 0 Å². The zero-order valence-corrected chi connectivity index (χ0v) is 21.8. The lowest BCUT2D eigenvalue weighted by atomic mass is 10.0. The highest BCUT2D eigenvalue weighted by molar-refractivity contribution is 5.95. The zero-order chi connectivity index (χ0) is 27.6. The molecule has 0 N–H and O–H groups in total. The number of amides is 1. The van der Waals surface area contributed by atoms with Crippen LogP contribution in [-0.2, 0) is 4.74 Å². The fourth-order valence-electron chi connectivity index (χ4n) is 5.33. The molecule has 0 unspecified atom stereocenters. The van der Waals surface area contributed by atoms with Crippen LogP contribution in [0.1, 0.15) is 10.4 Å². The molecule has 0 aliphatic carbocycles. The predicted molar refractivity (Wildman–Crippen MR) is 152 cm³/mol. The molecule has 3 aromatic carbocycles. The number of fused-ring (bicyclic) bond motifs is 1. The number of nitro benzene ring substituents is 1. The van der Waals surface area contributed by atoms with Crippen molar-refractivity contribution in [3.63, 3.8) is 0 Å². The lowest BCUT2D eigenvalue weighted by molar-refractivity contribution is -0.384. The second-order valence-corrected chi connectivity index (χ2v) is 9.87. The first-order chi connectivity index (χ1) is 19.5. The van der Waals surface area contributed by atoms with Gasteiger partial charge in [0, 0.05) is 62.0 Å². The number of rotatable bonds is 5. The van der Waals surface area contributed by atoms with Crippen molar-refractivity contribution in [3.8, 4) is 11.1 Å². The van der Waals surface area contributed by atoms with E-state index in [0.29, 0.717) is 80.4 Å². The first kappa shape index (κ1) is 25.6. The second kappa shape index (κ2) is 10.8. The number of hydrogen-bond donors (Lipinski definition) is 0. The van der Waals surface area contributed by atoms with Gasteiger partial charge in [0.2, 0.25) is 0 Å². The average Bonchev–Trinajstić information content (AvgIpc) is 3.00. The smallest absolute Gasteiger partial charge is 0.344 e. The van der Waals surface area contributed by atoms with Gasteiger partial charge >= 0.3 is 5.63 Å². The summed E-state index contributed by atoms with van der Waals surface area (Å²) in [5.41, 5.74) is 3.39. The van der Waals surface area contributed by atoms with Crippen molar-refractivity contribution in [2.24, 2.45) is 0 Å². The molecule has 204 valence electrons. The minimum absolute atomic E-state index is 0.0746. The number of para-hydroxylation sites is 1. The van der Waals surface area contributed by atoms with Crippen LogP contribution in [-0.4, -0.2) is 68.2 Å². The number of morpholine rings is 1. The number of hydrogen-bond acceptors (Lipinski definition) is 8. The van der Waals surface area contributed by atoms with Crippen LogP contribution in [0.25, 0.3) is 22.1 Å². The standard InChI is InChI=1S/C30H28N4O6/c35-29(22-7-5-21(6-8-22)25-19-23-3-1-2-4-28(23)40-30(25)36)33-13-11-31(12-14-33)24-9-10-26(34(37)38)27(20-24)32-15-17-39-18-16-32/h1-10,19-20H,11-18H2. The number of nitro groups is 1. The van der Waals surface area contributed by atoms with E-state index in [1.807, 2.05) is 34.1 Å². The average molecular weight is 541 g/mol. The second-order valence-electron chi connectivity index (χ2n) is 9.87. The van der Waals surface area contributed by atoms with Crippen LogP contribution in [0.3, 0.4) is 0 Å². The molecule has 3 heterocycles. The van der Waals surface area contributed by atoms with E-state index in [2.05, 4.69) is 4.90 Å². The SMILES string of the molecule is O=C(c1ccc(-c2cc3ccccc3oc2=O)cc1)N1CCN(c2ccc([N+](=O)[O-])c(N3CCOCC3)c2)CC1. The monoisotopic (exact) mass is 540 g/mol. The Kier molecular flexibility index (Phi) is 6.91. The summed E-state index contributed by atoms with van der Waals surface area (Å²) in [6, 6.07) is 21.4. The molecule has 0 atom stereocenters. The van der Waals surface area contributed by atoms with Crippen molar-refractivity contribution in [2.75, 3.05) is 62.3 Å². The van der Waals surface area contributed by atoms with Crippen molar-refractivity contribution in [1.82, 2.24) is 4.90 Å². The maximum Gasteiger partial charge on any atom is 0.344 e. The Morgan fingerprint density at radius 2 is 1.55 bits per heavy atom. The maximum atomic E-state index is 13.2. The maximum absolute atomic E-state index is 13.2. The van der Waals surface area contributed by atoms with Gasteiger partial charge in [-0.1, -0.05) is 30.3 Å². The highest BCUT2D eigenvalue weighted by Gasteiger charge is 2.26. The fraction of sp³-hybridized carbons (Fsp3) is 0.267. The predicted octanol–water partition coefficient (Wildman–Crippen LogP) is 4.17. The van der Waals surface area contributed by atoms with Crippen LogP contribution in [0.5, 0.6) is 0 Å². The molecule has 10 nitrogen and oxygen atoms in total. The molecule has 2 aliphatic heterocycles. The zero-order valence-electron chi connectivity index (χ0n) is 21.8. The molecule has 4 aromatic rings. The van der Waals surface area contributed by atoms with Gasteiger partial charge < -0.3 is 23.9 Å². The lowest BCUT2D eigenvalue weighted by Gasteiger charge is -2.37. The number of benzene rings is 3. The number of anilines is 2. The number of carbonyl (C=O) groups excluding carboxylic acids is 1. The van der Waals surface area contributed by atoms with Gasteiger partial charge in [-0.05, 0) is 42.0 Å². The number of ether oxygens (including phenoxy) is 1. The third kappa shape index (κ3) is 5.01. The molecule has 2 aliphatic rings. The van der Waals surface area contributed by atoms with Crippen LogP contribution in [0.4, 0.5) is 17.1 Å². The Morgan fingerprint density at radius 1 is 0.825 bits per heavy atom. The largest absolute Gasteiger partial charge is 0.422 e. The van der Waals surface area contributed by atoms with E-state index in [1.54, 1.807) is 48.5 Å². The summed E-state index contributed by atoms with van der Waals surface area (Å²) >= 11 is 0. The van der Waals surface area contributed by atoms with Crippen molar-refractivity contribution in [3.05, 3.63) is 98.9 Å². The molecule has 2 saturated heterocycles. The van der Waals surface area contributed by atoms with Gasteiger partial charge in [-0.2, -0.15) is 0 Å². The Labute approximate surface area is 230 Å². The lowest BCUT2D eigenvalue weighted by Crippen LogP contribution is -2.48. The molecule has 0 bridgehead atoms. The summed E-state index contributed by atoms with van der Waals surface area (Å²) in [6.07, 6.45) is 0. The minimum Gasteiger partial charge on any atom is -0.422 e. The first-order valence-corrected chi connectivity index (χ1v) is 13.3. The van der Waals surface area contributed by atoms with Crippen LogP contribution < -0.4 is 15.4 Å². The Bertz CT molecular complexity index is 1620. The summed E-state index contributed by atoms with van der Waals surface area (Å²) in [5, 5.41) is 12.5. The van der Waals surface area contributed by atoms with Crippen LogP contribution in [0.2, 0.25) is 0 Å². The molecule has 0 spiro atoms. The molecular weight excluding hydrogens is 512 g/mol. The molecule has 1 amide bonds. The number of nitrogens with zero attached hydrogens (tertiary/aromatic N) is 4. The summed E-state index contributed by atoms with van der Waals surface area (Å²) in [7, 11) is 0. The molecule has 1 aromatic heterocycles. The molecule has 6 rings (SSSR count). The Morgan fingerprint density at radius 3 is 2.27 bits per heavy atom. The van der Waals surface area contributed by atoms with Gasteiger partial charge in [0.05, 0.1) is 23.7 Å². The van der Waals surface area contributed by atoms with Gasteiger partial charge in [-0.3, -0.25) is 14.9 Å². The van der Waals surface area contributed by atoms with Crippen LogP contribution >= 0.6 is 0 Å². The Hall–Kier alpha value is -4.70. The van der Waals surface area contributed by atoms with Gasteiger partial charge in [0.25, 0.3) is 11.6 Å². The molecular formula is C30H28N4O6. The highest BCUT2D eigenvalue weighted by Crippen LogP contribution is 2.33. The number of carbonyl (C=O) groups is 1. The number of piperazine rings is 1. The van der Waals surface area contributed by atoms with Gasteiger partial charge in [0.15, 0.2) is 0 Å². The quantitative estimate of drug-likeness (QED) is 0.211. The van der Waals surface area contributed by atoms with E-state index in [9.17, 15) is 19.7 Å². The van der Waals surface area contributed by atoms with E-state index < -0.39 is 5.63 Å². The third-order valence-electron chi connectivity index (χ3n) is 7.52. The topological polar surface area (TPSA) is 109 Å². The van der Waals surface area contributed by atoms with E-state index in [-0.39, 0.29) is 16.5 Å². The van der Waals surface area contributed by atoms with Gasteiger partial charge in [-0.15, -0.1) is 0 Å². The summed E-state index contributed by atoms with van der Waals surface area (Å²) < 4.78 is 10.9. The summed E-state index contributed by atoms with van der Waals surface area (Å²) in [6.45, 7) is 4.58. The molecule has 40 heavy (non-hydrogen) atoms. The fourth-order valence-corrected chi connectivity index (χ4v) is 5.33. The van der Waals surface area contributed by atoms with E-state index in [0.717, 1.165) is 11.1 Å². The van der Waals surface area contributed by atoms with Crippen LogP contribution in [0.15, 0.2) is 82.0 Å².